The van der Waals surface area contributed by atoms with E-state index in [4.69, 9.17) is 5.84 Å². The summed E-state index contributed by atoms with van der Waals surface area (Å²) in [5, 5.41) is 2.13. The summed E-state index contributed by atoms with van der Waals surface area (Å²) in [6, 6.07) is 1.29. The molecule has 0 amide bonds. The average Bonchev–Trinajstić information content (AvgIpc) is 2.13. The van der Waals surface area contributed by atoms with Gasteiger partial charge in [0.25, 0.3) is 0 Å². The molecule has 0 aliphatic rings. The van der Waals surface area contributed by atoms with E-state index in [2.05, 4.69) is 20.7 Å². The Morgan fingerprint density at radius 1 is 1.33 bits per heavy atom. The van der Waals surface area contributed by atoms with Crippen LogP contribution in [0.15, 0.2) is 6.07 Å². The molecule has 0 aromatic carbocycles. The van der Waals surface area contributed by atoms with Gasteiger partial charge in [0, 0.05) is 6.07 Å². The molecular formula is C7H10F3N5. The molecule has 0 saturated carbocycles. The van der Waals surface area contributed by atoms with Crippen molar-refractivity contribution in [3.63, 3.8) is 0 Å². The zero-order valence-corrected chi connectivity index (χ0v) is 7.89. The molecule has 1 aromatic heterocycles. The van der Waals surface area contributed by atoms with Crippen molar-refractivity contribution >= 4 is 11.6 Å². The zero-order valence-electron chi connectivity index (χ0n) is 7.89. The molecule has 0 bridgehead atoms. The van der Waals surface area contributed by atoms with Crippen LogP contribution in [0.1, 0.15) is 5.82 Å². The highest BCUT2D eigenvalue weighted by molar-refractivity contribution is 5.46. The molecule has 0 saturated heterocycles. The fraction of sp³-hybridized carbons (Fsp3) is 0.429. The molecule has 15 heavy (non-hydrogen) atoms. The lowest BCUT2D eigenvalue weighted by Gasteiger charge is -2.10. The fourth-order valence-electron chi connectivity index (χ4n) is 0.923. The molecule has 4 N–H and O–H groups in total. The monoisotopic (exact) mass is 221 g/mol. The smallest absolute Gasteiger partial charge is 0.361 e. The number of hydrazine groups is 1. The summed E-state index contributed by atoms with van der Waals surface area (Å²) in [7, 11) is 0. The minimum absolute atomic E-state index is 0.0766. The normalized spacial score (nSPS) is 11.3. The molecule has 1 aromatic rings. The predicted molar refractivity (Wildman–Crippen MR) is 49.1 cm³/mol. The number of aryl methyl sites for hydroxylation is 1. The topological polar surface area (TPSA) is 75.9 Å². The zero-order chi connectivity index (χ0) is 11.5. The van der Waals surface area contributed by atoms with Crippen molar-refractivity contribution in [2.45, 2.75) is 13.1 Å². The molecular weight excluding hydrogens is 211 g/mol. The predicted octanol–water partition coefficient (Wildman–Crippen LogP) is 1.04. The van der Waals surface area contributed by atoms with Crippen LogP contribution < -0.4 is 16.6 Å². The molecule has 0 aliphatic carbocycles. The van der Waals surface area contributed by atoms with Gasteiger partial charge >= 0.3 is 6.18 Å². The van der Waals surface area contributed by atoms with Gasteiger partial charge in [0.05, 0.1) is 0 Å². The molecule has 0 spiro atoms. The number of alkyl halides is 3. The minimum atomic E-state index is -4.28. The van der Waals surface area contributed by atoms with E-state index in [0.717, 1.165) is 0 Å². The quantitative estimate of drug-likeness (QED) is 0.525. The Labute approximate surface area is 83.9 Å². The van der Waals surface area contributed by atoms with Crippen LogP contribution in [-0.4, -0.2) is 22.7 Å². The van der Waals surface area contributed by atoms with Crippen LogP contribution in [0.3, 0.4) is 0 Å². The highest BCUT2D eigenvalue weighted by atomic mass is 19.4. The standard InChI is InChI=1S/C7H10F3N5/c1-4-13-5(2-6(14-4)15-11)12-3-7(8,9)10/h2H,3,11H2,1H3,(H2,12,13,14,15). The second-order valence-corrected chi connectivity index (χ2v) is 2.80. The van der Waals surface area contributed by atoms with E-state index in [1.54, 1.807) is 6.92 Å². The highest BCUT2D eigenvalue weighted by Gasteiger charge is 2.26. The third-order valence-electron chi connectivity index (χ3n) is 1.46. The first-order chi connectivity index (χ1) is 6.90. The largest absolute Gasteiger partial charge is 0.405 e. The number of nitrogens with two attached hydrogens (primary N) is 1. The number of nitrogens with one attached hydrogen (secondary N) is 2. The van der Waals surface area contributed by atoms with Gasteiger partial charge in [-0.25, -0.2) is 15.8 Å². The number of halogens is 3. The molecule has 1 rings (SSSR count). The van der Waals surface area contributed by atoms with Gasteiger partial charge in [0.15, 0.2) is 0 Å². The van der Waals surface area contributed by atoms with Crippen molar-refractivity contribution in [2.24, 2.45) is 5.84 Å². The third-order valence-corrected chi connectivity index (χ3v) is 1.46. The van der Waals surface area contributed by atoms with E-state index in [1.165, 1.54) is 6.07 Å². The first kappa shape index (κ1) is 11.5. The van der Waals surface area contributed by atoms with Crippen molar-refractivity contribution in [1.29, 1.82) is 0 Å². The van der Waals surface area contributed by atoms with E-state index in [-0.39, 0.29) is 11.6 Å². The van der Waals surface area contributed by atoms with Crippen molar-refractivity contribution in [1.82, 2.24) is 9.97 Å². The van der Waals surface area contributed by atoms with Crippen LogP contribution in [0.2, 0.25) is 0 Å². The Morgan fingerprint density at radius 3 is 2.47 bits per heavy atom. The van der Waals surface area contributed by atoms with Gasteiger partial charge in [-0.15, -0.1) is 0 Å². The Morgan fingerprint density at radius 2 is 1.93 bits per heavy atom. The molecule has 0 unspecified atom stereocenters. The van der Waals surface area contributed by atoms with Gasteiger partial charge in [0.2, 0.25) is 0 Å². The second-order valence-electron chi connectivity index (χ2n) is 2.80. The lowest BCUT2D eigenvalue weighted by atomic mass is 10.5. The van der Waals surface area contributed by atoms with Crippen LogP contribution in [0, 0.1) is 6.92 Å². The van der Waals surface area contributed by atoms with E-state index in [0.29, 0.717) is 5.82 Å². The van der Waals surface area contributed by atoms with Crippen LogP contribution in [0.5, 0.6) is 0 Å². The summed E-state index contributed by atoms with van der Waals surface area (Å²) >= 11 is 0. The first-order valence-electron chi connectivity index (χ1n) is 4.03. The molecule has 8 heteroatoms. The van der Waals surface area contributed by atoms with E-state index in [1.807, 2.05) is 0 Å². The SMILES string of the molecule is Cc1nc(NN)cc(NCC(F)(F)F)n1. The van der Waals surface area contributed by atoms with Gasteiger partial charge in [-0.3, -0.25) is 0 Å². The number of nitrogen functional groups attached to an aromatic ring is 1. The Kier molecular flexibility index (Phi) is 3.30. The number of rotatable bonds is 3. The van der Waals surface area contributed by atoms with Gasteiger partial charge in [-0.1, -0.05) is 0 Å². The van der Waals surface area contributed by atoms with Crippen LogP contribution in [0.4, 0.5) is 24.8 Å². The molecule has 84 valence electrons. The fourth-order valence-corrected chi connectivity index (χ4v) is 0.923. The maximum atomic E-state index is 11.9. The number of hydrogen-bond acceptors (Lipinski definition) is 5. The maximum Gasteiger partial charge on any atom is 0.405 e. The molecule has 0 fully saturated rings. The number of aromatic nitrogens is 2. The first-order valence-corrected chi connectivity index (χ1v) is 4.03. The van der Waals surface area contributed by atoms with Gasteiger partial charge in [0.1, 0.15) is 24.0 Å². The van der Waals surface area contributed by atoms with Crippen molar-refractivity contribution in [3.05, 3.63) is 11.9 Å². The molecule has 1 heterocycles. The van der Waals surface area contributed by atoms with Crippen LogP contribution in [0.25, 0.3) is 0 Å². The summed E-state index contributed by atoms with van der Waals surface area (Å²) in [5.41, 5.74) is 2.23. The van der Waals surface area contributed by atoms with Crippen LogP contribution in [-0.2, 0) is 0 Å². The Hall–Kier alpha value is -1.57. The second kappa shape index (κ2) is 4.30. The molecule has 0 atom stereocenters. The molecule has 0 radical (unpaired) electrons. The summed E-state index contributed by atoms with van der Waals surface area (Å²) in [4.78, 5) is 7.60. The molecule has 5 nitrogen and oxygen atoms in total. The van der Waals surface area contributed by atoms with Crippen molar-refractivity contribution in [3.8, 4) is 0 Å². The van der Waals surface area contributed by atoms with Crippen molar-refractivity contribution < 1.29 is 13.2 Å². The van der Waals surface area contributed by atoms with Crippen LogP contribution >= 0.6 is 0 Å². The minimum Gasteiger partial charge on any atom is -0.361 e. The van der Waals surface area contributed by atoms with Gasteiger partial charge in [-0.2, -0.15) is 13.2 Å². The summed E-state index contributed by atoms with van der Waals surface area (Å²) in [5.74, 6) is 5.74. The van der Waals surface area contributed by atoms with Gasteiger partial charge in [-0.05, 0) is 6.92 Å². The van der Waals surface area contributed by atoms with Gasteiger partial charge < -0.3 is 10.7 Å². The summed E-state index contributed by atoms with van der Waals surface area (Å²) in [6.45, 7) is 0.410. The summed E-state index contributed by atoms with van der Waals surface area (Å²) < 4.78 is 35.6. The number of hydrogen-bond donors (Lipinski definition) is 3. The Bertz CT molecular complexity index is 338. The Balaban J connectivity index is 2.73. The van der Waals surface area contributed by atoms with Crippen molar-refractivity contribution in [2.75, 3.05) is 17.3 Å². The van der Waals surface area contributed by atoms with E-state index >= 15 is 0 Å². The lowest BCUT2D eigenvalue weighted by Crippen LogP contribution is -2.22. The maximum absolute atomic E-state index is 11.9. The number of anilines is 2. The summed E-state index contributed by atoms with van der Waals surface area (Å²) in [6.07, 6.45) is -4.28. The lowest BCUT2D eigenvalue weighted by molar-refractivity contribution is -0.115. The molecule has 0 aliphatic heterocycles. The number of nitrogens with zero attached hydrogens (tertiary/aromatic N) is 2. The average molecular weight is 221 g/mol. The third kappa shape index (κ3) is 3.98. The van der Waals surface area contributed by atoms with E-state index in [9.17, 15) is 13.2 Å². The van der Waals surface area contributed by atoms with E-state index < -0.39 is 12.7 Å². The highest BCUT2D eigenvalue weighted by Crippen LogP contribution is 2.16.